The number of amides is 3. The average molecular weight is 360 g/mol. The zero-order valence-electron chi connectivity index (χ0n) is 13.4. The maximum atomic E-state index is 13.8. The van der Waals surface area contributed by atoms with Gasteiger partial charge < -0.3 is 5.32 Å². The predicted molar refractivity (Wildman–Crippen MR) is 92.8 cm³/mol. The van der Waals surface area contributed by atoms with Crippen LogP contribution in [0.15, 0.2) is 53.6 Å². The van der Waals surface area contributed by atoms with Gasteiger partial charge in [0.15, 0.2) is 0 Å². The molecule has 1 fully saturated rings. The molecular formula is C18H15ClFN3O2. The summed E-state index contributed by atoms with van der Waals surface area (Å²) in [6.07, 6.45) is 1.43. The summed E-state index contributed by atoms with van der Waals surface area (Å²) in [5, 5.41) is 7.41. The van der Waals surface area contributed by atoms with Crippen LogP contribution >= 0.6 is 11.6 Å². The fourth-order valence-electron chi connectivity index (χ4n) is 2.78. The minimum absolute atomic E-state index is 0.0125. The zero-order chi connectivity index (χ0) is 18.0. The van der Waals surface area contributed by atoms with Crippen LogP contribution in [0.5, 0.6) is 0 Å². The highest BCUT2D eigenvalue weighted by Gasteiger charge is 2.51. The molecule has 128 valence electrons. The first-order valence-electron chi connectivity index (χ1n) is 7.70. The SMILES string of the molecule is CC[C@]1(c2ccccc2)NC(=O)N(N=Cc2c(F)cccc2Cl)C1=O. The Morgan fingerprint density at radius 3 is 2.56 bits per heavy atom. The maximum absolute atomic E-state index is 13.8. The number of carbonyl (C=O) groups excluding carboxylic acids is 2. The lowest BCUT2D eigenvalue weighted by atomic mass is 9.87. The normalized spacial score (nSPS) is 20.4. The van der Waals surface area contributed by atoms with Crippen LogP contribution < -0.4 is 5.32 Å². The van der Waals surface area contributed by atoms with Crippen molar-refractivity contribution in [3.8, 4) is 0 Å². The molecular weight excluding hydrogens is 345 g/mol. The number of carbonyl (C=O) groups is 2. The fourth-order valence-corrected chi connectivity index (χ4v) is 2.99. The first kappa shape index (κ1) is 17.1. The molecule has 0 aliphatic carbocycles. The van der Waals surface area contributed by atoms with Crippen molar-refractivity contribution in [2.45, 2.75) is 18.9 Å². The third-order valence-corrected chi connectivity index (χ3v) is 4.50. The highest BCUT2D eigenvalue weighted by Crippen LogP contribution is 2.32. The van der Waals surface area contributed by atoms with Crippen LogP contribution in [0.1, 0.15) is 24.5 Å². The van der Waals surface area contributed by atoms with Crippen LogP contribution in [0.2, 0.25) is 5.02 Å². The number of hydrogen-bond donors (Lipinski definition) is 1. The van der Waals surface area contributed by atoms with Crippen LogP contribution in [0, 0.1) is 5.82 Å². The number of nitrogens with zero attached hydrogens (tertiary/aromatic N) is 2. The van der Waals surface area contributed by atoms with E-state index in [-0.39, 0.29) is 10.6 Å². The minimum atomic E-state index is -1.19. The molecule has 2 aromatic rings. The second-order valence-corrected chi connectivity index (χ2v) is 5.96. The van der Waals surface area contributed by atoms with Crippen molar-refractivity contribution >= 4 is 29.8 Å². The van der Waals surface area contributed by atoms with E-state index in [4.69, 9.17) is 11.6 Å². The molecule has 0 bridgehead atoms. The number of benzene rings is 2. The quantitative estimate of drug-likeness (QED) is 0.668. The predicted octanol–water partition coefficient (Wildman–Crippen LogP) is 3.67. The topological polar surface area (TPSA) is 61.8 Å². The summed E-state index contributed by atoms with van der Waals surface area (Å²) < 4.78 is 13.8. The van der Waals surface area contributed by atoms with E-state index >= 15 is 0 Å². The van der Waals surface area contributed by atoms with E-state index in [0.717, 1.165) is 6.21 Å². The summed E-state index contributed by atoms with van der Waals surface area (Å²) in [4.78, 5) is 25.1. The van der Waals surface area contributed by atoms with Crippen molar-refractivity contribution in [3.63, 3.8) is 0 Å². The van der Waals surface area contributed by atoms with Gasteiger partial charge in [0.2, 0.25) is 0 Å². The van der Waals surface area contributed by atoms with E-state index in [1.807, 2.05) is 6.07 Å². The Hall–Kier alpha value is -2.73. The molecule has 1 aliphatic rings. The molecule has 2 aromatic carbocycles. The van der Waals surface area contributed by atoms with Gasteiger partial charge in [-0.1, -0.05) is 54.9 Å². The van der Waals surface area contributed by atoms with Gasteiger partial charge in [0.05, 0.1) is 11.2 Å². The molecule has 1 N–H and O–H groups in total. The smallest absolute Gasteiger partial charge is 0.318 e. The summed E-state index contributed by atoms with van der Waals surface area (Å²) >= 11 is 5.93. The lowest BCUT2D eigenvalue weighted by Crippen LogP contribution is -2.43. The second kappa shape index (κ2) is 6.64. The number of urea groups is 1. The lowest BCUT2D eigenvalue weighted by Gasteiger charge is -2.24. The first-order chi connectivity index (χ1) is 12.0. The number of imide groups is 1. The molecule has 0 aromatic heterocycles. The third kappa shape index (κ3) is 2.89. The largest absolute Gasteiger partial charge is 0.346 e. The molecule has 1 aliphatic heterocycles. The summed E-state index contributed by atoms with van der Waals surface area (Å²) in [6, 6.07) is 12.4. The molecule has 0 saturated carbocycles. The minimum Gasteiger partial charge on any atom is -0.318 e. The van der Waals surface area contributed by atoms with Crippen molar-refractivity contribution in [3.05, 3.63) is 70.5 Å². The van der Waals surface area contributed by atoms with E-state index in [0.29, 0.717) is 17.0 Å². The van der Waals surface area contributed by atoms with E-state index in [1.54, 1.807) is 31.2 Å². The Bertz CT molecular complexity index is 836. The van der Waals surface area contributed by atoms with E-state index in [1.165, 1.54) is 18.2 Å². The van der Waals surface area contributed by atoms with Crippen molar-refractivity contribution in [2.75, 3.05) is 0 Å². The third-order valence-electron chi connectivity index (χ3n) is 4.17. The molecule has 3 amide bonds. The van der Waals surface area contributed by atoms with Crippen LogP contribution in [0.4, 0.5) is 9.18 Å². The first-order valence-corrected chi connectivity index (χ1v) is 8.07. The summed E-state index contributed by atoms with van der Waals surface area (Å²) in [5.74, 6) is -1.11. The van der Waals surface area contributed by atoms with Crippen LogP contribution in [-0.2, 0) is 10.3 Å². The number of hydrazone groups is 1. The highest BCUT2D eigenvalue weighted by atomic mass is 35.5. The molecule has 5 nitrogen and oxygen atoms in total. The standard InChI is InChI=1S/C18H15ClFN3O2/c1-2-18(12-7-4-3-5-8-12)16(24)23(17(25)22-18)21-11-13-14(19)9-6-10-15(13)20/h3-11H,2H2,1H3,(H,22,25)/t18-/m1/s1. The van der Waals surface area contributed by atoms with Crippen LogP contribution in [0.25, 0.3) is 0 Å². The molecule has 0 radical (unpaired) electrons. The summed E-state index contributed by atoms with van der Waals surface area (Å²) in [5.41, 5.74) is -0.509. The van der Waals surface area contributed by atoms with Gasteiger partial charge in [-0.2, -0.15) is 5.10 Å². The average Bonchev–Trinajstić information content (AvgIpc) is 2.87. The number of halogens is 2. The molecule has 1 atom stereocenters. The molecule has 1 saturated heterocycles. The van der Waals surface area contributed by atoms with Gasteiger partial charge in [0, 0.05) is 5.56 Å². The zero-order valence-corrected chi connectivity index (χ0v) is 14.1. The Labute approximate surface area is 149 Å². The molecule has 3 rings (SSSR count). The van der Waals surface area contributed by atoms with Gasteiger partial charge in [-0.3, -0.25) is 4.79 Å². The van der Waals surface area contributed by atoms with Crippen molar-refractivity contribution in [1.29, 1.82) is 0 Å². The molecule has 0 spiro atoms. The Morgan fingerprint density at radius 1 is 1.20 bits per heavy atom. The van der Waals surface area contributed by atoms with E-state index in [2.05, 4.69) is 10.4 Å². The monoisotopic (exact) mass is 359 g/mol. The Balaban J connectivity index is 1.95. The van der Waals surface area contributed by atoms with Gasteiger partial charge in [0.25, 0.3) is 5.91 Å². The number of nitrogens with one attached hydrogen (secondary N) is 1. The molecule has 25 heavy (non-hydrogen) atoms. The summed E-state index contributed by atoms with van der Waals surface area (Å²) in [7, 11) is 0. The molecule has 1 heterocycles. The van der Waals surface area contributed by atoms with Gasteiger partial charge in [-0.05, 0) is 24.1 Å². The van der Waals surface area contributed by atoms with Crippen LogP contribution in [0.3, 0.4) is 0 Å². The van der Waals surface area contributed by atoms with Gasteiger partial charge in [-0.25, -0.2) is 9.18 Å². The molecule has 0 unspecified atom stereocenters. The maximum Gasteiger partial charge on any atom is 0.346 e. The van der Waals surface area contributed by atoms with Crippen molar-refractivity contribution < 1.29 is 14.0 Å². The van der Waals surface area contributed by atoms with Gasteiger partial charge in [-0.15, -0.1) is 5.01 Å². The van der Waals surface area contributed by atoms with Crippen molar-refractivity contribution in [1.82, 2.24) is 10.3 Å². The Kier molecular flexibility index (Phi) is 4.55. The van der Waals surface area contributed by atoms with Gasteiger partial charge in [0.1, 0.15) is 11.4 Å². The second-order valence-electron chi connectivity index (χ2n) is 5.55. The fraction of sp³-hybridized carbons (Fsp3) is 0.167. The van der Waals surface area contributed by atoms with Crippen molar-refractivity contribution in [2.24, 2.45) is 5.10 Å². The summed E-state index contributed by atoms with van der Waals surface area (Å²) in [6.45, 7) is 1.80. The molecule has 7 heteroatoms. The van der Waals surface area contributed by atoms with E-state index in [9.17, 15) is 14.0 Å². The Morgan fingerprint density at radius 2 is 1.92 bits per heavy atom. The number of hydrogen-bond acceptors (Lipinski definition) is 3. The lowest BCUT2D eigenvalue weighted by molar-refractivity contribution is -0.131. The van der Waals surface area contributed by atoms with Crippen LogP contribution in [-0.4, -0.2) is 23.2 Å². The van der Waals surface area contributed by atoms with E-state index < -0.39 is 23.3 Å². The van der Waals surface area contributed by atoms with Gasteiger partial charge >= 0.3 is 6.03 Å². The highest BCUT2D eigenvalue weighted by molar-refractivity contribution is 6.33. The number of rotatable bonds is 4.